The fourth-order valence-corrected chi connectivity index (χ4v) is 9.07. The quantitative estimate of drug-likeness (QED) is 0.0225. The van der Waals surface area contributed by atoms with E-state index in [4.69, 9.17) is 9.97 Å². The molecular formula is C56H72N12O10. The molecule has 0 aliphatic heterocycles. The van der Waals surface area contributed by atoms with E-state index in [1.807, 2.05) is 149 Å². The maximum absolute atomic E-state index is 13.8. The zero-order valence-corrected chi connectivity index (χ0v) is 45.7. The van der Waals surface area contributed by atoms with Crippen LogP contribution in [0.4, 0.5) is 34.1 Å². The van der Waals surface area contributed by atoms with E-state index in [2.05, 4.69) is 31.9 Å². The third kappa shape index (κ3) is 15.3. The third-order valence-corrected chi connectivity index (χ3v) is 13.3. The number of fused-ring (bicyclic) bond motifs is 4. The molecule has 0 aliphatic rings. The van der Waals surface area contributed by atoms with Crippen LogP contribution in [0.1, 0.15) is 58.3 Å². The van der Waals surface area contributed by atoms with E-state index in [9.17, 15) is 48.9 Å². The number of aliphatic carboxylic acids is 3. The molecule has 22 heteroatoms. The Kier molecular flexibility index (Phi) is 19.8. The molecule has 0 saturated heterocycles. The highest BCUT2D eigenvalue weighted by Crippen LogP contribution is 2.36. The number of amides is 4. The molecule has 6 rings (SSSR count). The predicted molar refractivity (Wildman–Crippen MR) is 306 cm³/mol. The second-order valence-electron chi connectivity index (χ2n) is 20.2. The zero-order chi connectivity index (χ0) is 57.0. The summed E-state index contributed by atoms with van der Waals surface area (Å²) in [5.41, 5.74) is 8.83. The van der Waals surface area contributed by atoms with Crippen molar-refractivity contribution in [2.75, 3.05) is 99.7 Å². The molecule has 0 fully saturated rings. The molecule has 4 atom stereocenters. The number of benzene rings is 4. The first-order valence-corrected chi connectivity index (χ1v) is 25.8. The van der Waals surface area contributed by atoms with Gasteiger partial charge in [0.15, 0.2) is 0 Å². The standard InChI is InChI=1S/C56H72N12O10/c1-32(69)59-41(14-10-12-24-57-51-37-20-16-33(65(2)3)26-43(37)60-44-27-34(66(4)5)17-21-38(44)51)53(74)63-48(31-50(72)73)55(76)64-47(30-49(70)71)54(75)62-42(56(77)78)15-11-13-25-58-52-39-22-18-35(67(6)7)28-45(39)61-46-29-36(68(8)9)19-23-40(46)52/h16-23,26-29,41-42,47-48H,10-15,24-25,30-31H2,1-9H3,(H,57,60)(H,58,61)(H,59,69)(H,62,75)(H,63,74)(H,64,76)(H,70,71)(H,72,73)(H,77,78). The number of hydrogen-bond donors (Lipinski definition) is 9. The summed E-state index contributed by atoms with van der Waals surface area (Å²) in [6.07, 6.45) is -0.234. The number of unbranched alkanes of at least 4 members (excludes halogenated alkanes) is 2. The van der Waals surface area contributed by atoms with E-state index in [1.165, 1.54) is 6.92 Å². The van der Waals surface area contributed by atoms with Gasteiger partial charge in [0.1, 0.15) is 24.2 Å². The fourth-order valence-electron chi connectivity index (χ4n) is 9.07. The molecule has 416 valence electrons. The van der Waals surface area contributed by atoms with Crippen LogP contribution in [0.15, 0.2) is 72.8 Å². The molecule has 0 aliphatic carbocycles. The Morgan fingerprint density at radius 2 is 0.744 bits per heavy atom. The van der Waals surface area contributed by atoms with Crippen LogP contribution in [0.2, 0.25) is 0 Å². The first-order valence-electron chi connectivity index (χ1n) is 25.8. The van der Waals surface area contributed by atoms with Gasteiger partial charge in [-0.25, -0.2) is 14.8 Å². The molecular weight excluding hydrogens is 1000 g/mol. The molecule has 2 aromatic heterocycles. The Labute approximate surface area is 452 Å². The van der Waals surface area contributed by atoms with Crippen molar-refractivity contribution < 1.29 is 48.9 Å². The lowest BCUT2D eigenvalue weighted by Gasteiger charge is -2.25. The molecule has 4 unspecified atom stereocenters. The van der Waals surface area contributed by atoms with Gasteiger partial charge in [-0.1, -0.05) is 0 Å². The molecule has 0 bridgehead atoms. The molecule has 0 radical (unpaired) electrons. The second kappa shape index (κ2) is 26.4. The zero-order valence-electron chi connectivity index (χ0n) is 45.7. The molecule has 22 nitrogen and oxygen atoms in total. The summed E-state index contributed by atoms with van der Waals surface area (Å²) in [7, 11) is 15.6. The van der Waals surface area contributed by atoms with Gasteiger partial charge in [-0.05, 0) is 111 Å². The van der Waals surface area contributed by atoms with Crippen molar-refractivity contribution in [1.29, 1.82) is 0 Å². The number of carboxylic acids is 3. The van der Waals surface area contributed by atoms with Crippen molar-refractivity contribution in [2.45, 2.75) is 82.5 Å². The summed E-state index contributed by atoms with van der Waals surface area (Å²) >= 11 is 0. The maximum Gasteiger partial charge on any atom is 0.326 e. The van der Waals surface area contributed by atoms with Gasteiger partial charge in [0.2, 0.25) is 23.6 Å². The fraction of sp³-hybridized carbons (Fsp3) is 0.411. The Morgan fingerprint density at radius 3 is 1.04 bits per heavy atom. The van der Waals surface area contributed by atoms with Crippen LogP contribution in [0.25, 0.3) is 43.6 Å². The Hall–Kier alpha value is -8.69. The van der Waals surface area contributed by atoms with Crippen molar-refractivity contribution >= 4 is 119 Å². The van der Waals surface area contributed by atoms with Crippen molar-refractivity contribution in [2.24, 2.45) is 0 Å². The summed E-state index contributed by atoms with van der Waals surface area (Å²) in [6.45, 7) is 2.09. The minimum atomic E-state index is -1.86. The van der Waals surface area contributed by atoms with Crippen LogP contribution in [0.5, 0.6) is 0 Å². The number of pyridine rings is 2. The first kappa shape index (κ1) is 58.6. The topological polar surface area (TPSA) is 291 Å². The van der Waals surface area contributed by atoms with Crippen LogP contribution in [-0.4, -0.2) is 160 Å². The number of aromatic nitrogens is 2. The van der Waals surface area contributed by atoms with E-state index in [0.29, 0.717) is 38.8 Å². The number of rotatable bonds is 28. The molecule has 9 N–H and O–H groups in total. The average Bonchev–Trinajstić information content (AvgIpc) is 3.37. The number of carbonyl (C=O) groups excluding carboxylic acids is 4. The maximum atomic E-state index is 13.8. The molecule has 2 heterocycles. The Bertz CT molecular complexity index is 3070. The number of nitrogens with one attached hydrogen (secondary N) is 6. The van der Waals surface area contributed by atoms with Crippen molar-refractivity contribution in [3.05, 3.63) is 72.8 Å². The largest absolute Gasteiger partial charge is 0.481 e. The molecule has 0 spiro atoms. The molecule has 6 aromatic rings. The van der Waals surface area contributed by atoms with Crippen LogP contribution in [0.3, 0.4) is 0 Å². The molecule has 78 heavy (non-hydrogen) atoms. The highest BCUT2D eigenvalue weighted by atomic mass is 16.4. The number of nitrogens with zero attached hydrogens (tertiary/aromatic N) is 6. The number of carbonyl (C=O) groups is 7. The highest BCUT2D eigenvalue weighted by Gasteiger charge is 2.33. The van der Waals surface area contributed by atoms with Crippen molar-refractivity contribution in [3.63, 3.8) is 0 Å². The van der Waals surface area contributed by atoms with Gasteiger partial charge in [-0.2, -0.15) is 0 Å². The van der Waals surface area contributed by atoms with E-state index < -0.39 is 78.5 Å². The van der Waals surface area contributed by atoms with Gasteiger partial charge in [-0.15, -0.1) is 0 Å². The summed E-state index contributed by atoms with van der Waals surface area (Å²) in [5, 5.41) is 49.8. The van der Waals surface area contributed by atoms with Crippen LogP contribution in [-0.2, 0) is 33.6 Å². The van der Waals surface area contributed by atoms with Crippen molar-refractivity contribution in [1.82, 2.24) is 31.2 Å². The molecule has 4 aromatic carbocycles. The van der Waals surface area contributed by atoms with Gasteiger partial charge in [0.05, 0.1) is 46.3 Å². The van der Waals surface area contributed by atoms with Gasteiger partial charge in [0, 0.05) is 121 Å². The summed E-state index contributed by atoms with van der Waals surface area (Å²) in [6, 6.07) is 17.7. The number of carboxylic acid groups (broad SMARTS) is 3. The van der Waals surface area contributed by atoms with Crippen LogP contribution >= 0.6 is 0 Å². The van der Waals surface area contributed by atoms with Crippen molar-refractivity contribution in [3.8, 4) is 0 Å². The predicted octanol–water partition coefficient (Wildman–Crippen LogP) is 5.21. The number of hydrogen-bond acceptors (Lipinski definition) is 15. The molecule has 4 amide bonds. The SMILES string of the molecule is CC(=O)NC(CCCCNc1c2ccc(N(C)C)cc2nc2cc(N(C)C)ccc12)C(=O)NC(CC(=O)O)C(=O)NC(CC(=O)O)C(=O)NC(CCCCNc1c2ccc(N(C)C)cc2nc2cc(N(C)C)ccc12)C(=O)O. The average molecular weight is 1070 g/mol. The monoisotopic (exact) mass is 1070 g/mol. The first-order chi connectivity index (χ1) is 37.0. The minimum Gasteiger partial charge on any atom is -0.481 e. The van der Waals surface area contributed by atoms with Gasteiger partial charge < -0.3 is 66.8 Å². The smallest absolute Gasteiger partial charge is 0.326 e. The van der Waals surface area contributed by atoms with Gasteiger partial charge in [-0.3, -0.25) is 28.8 Å². The normalized spacial score (nSPS) is 12.7. The third-order valence-electron chi connectivity index (χ3n) is 13.3. The highest BCUT2D eigenvalue weighted by molar-refractivity contribution is 6.10. The van der Waals surface area contributed by atoms with E-state index in [1.54, 1.807) is 0 Å². The second-order valence-corrected chi connectivity index (χ2v) is 20.2. The van der Waals surface area contributed by atoms with Crippen LogP contribution < -0.4 is 51.5 Å². The minimum absolute atomic E-state index is 0.0573. The summed E-state index contributed by atoms with van der Waals surface area (Å²) in [5.74, 6) is -8.24. The lowest BCUT2D eigenvalue weighted by molar-refractivity contribution is -0.145. The van der Waals surface area contributed by atoms with Gasteiger partial charge >= 0.3 is 17.9 Å². The van der Waals surface area contributed by atoms with Crippen LogP contribution in [0, 0.1) is 0 Å². The Balaban J connectivity index is 1.07. The summed E-state index contributed by atoms with van der Waals surface area (Å²) in [4.78, 5) is 108. The lowest BCUT2D eigenvalue weighted by atomic mass is 10.0. The summed E-state index contributed by atoms with van der Waals surface area (Å²) < 4.78 is 0. The van der Waals surface area contributed by atoms with E-state index >= 15 is 0 Å². The lowest BCUT2D eigenvalue weighted by Crippen LogP contribution is -2.58. The molecule has 0 saturated carbocycles. The Morgan fingerprint density at radius 1 is 0.436 bits per heavy atom. The van der Waals surface area contributed by atoms with Gasteiger partial charge in [0.25, 0.3) is 0 Å². The van der Waals surface area contributed by atoms with E-state index in [-0.39, 0.29) is 12.8 Å². The van der Waals surface area contributed by atoms with E-state index in [0.717, 1.165) is 77.7 Å². The number of anilines is 6.